The van der Waals surface area contributed by atoms with E-state index in [1.165, 1.54) is 6.07 Å². The van der Waals surface area contributed by atoms with Crippen LogP contribution in [-0.4, -0.2) is 18.6 Å². The van der Waals surface area contributed by atoms with E-state index in [-0.39, 0.29) is 5.82 Å². The zero-order chi connectivity index (χ0) is 13.7. The number of hydrogen-bond acceptors (Lipinski definition) is 4. The predicted molar refractivity (Wildman–Crippen MR) is 78.0 cm³/mol. The van der Waals surface area contributed by atoms with Gasteiger partial charge < -0.3 is 10.2 Å². The van der Waals surface area contributed by atoms with Crippen LogP contribution in [0.2, 0.25) is 0 Å². The number of hydrogen-bond donors (Lipinski definition) is 1. The number of nitrogens with zero attached hydrogens (tertiary/aromatic N) is 2. The maximum Gasteiger partial charge on any atom is 0.146 e. The van der Waals surface area contributed by atoms with Crippen LogP contribution in [0.25, 0.3) is 0 Å². The van der Waals surface area contributed by atoms with E-state index >= 15 is 0 Å². The van der Waals surface area contributed by atoms with Crippen LogP contribution in [-0.2, 0) is 13.1 Å². The first kappa shape index (κ1) is 14.0. The molecule has 0 bridgehead atoms. The van der Waals surface area contributed by atoms with Gasteiger partial charge in [-0.15, -0.1) is 11.3 Å². The number of thiazole rings is 1. The summed E-state index contributed by atoms with van der Waals surface area (Å²) in [6, 6.07) is 6.86. The Labute approximate surface area is 117 Å². The van der Waals surface area contributed by atoms with E-state index in [2.05, 4.69) is 10.3 Å². The van der Waals surface area contributed by atoms with Crippen molar-refractivity contribution in [1.82, 2.24) is 10.3 Å². The van der Waals surface area contributed by atoms with E-state index in [9.17, 15) is 4.39 Å². The quantitative estimate of drug-likeness (QED) is 0.881. The Hall–Kier alpha value is -1.46. The Kier molecular flexibility index (Phi) is 4.87. The van der Waals surface area contributed by atoms with E-state index in [4.69, 9.17) is 0 Å². The highest BCUT2D eigenvalue weighted by Gasteiger charge is 2.11. The fourth-order valence-corrected chi connectivity index (χ4v) is 2.72. The standard InChI is InChI=1S/C14H18FN3S/c1-3-18(13-7-5-4-6-12(13)15)9-11-10-19-14(17-11)8-16-2/h4-7,10,16H,3,8-9H2,1-2H3. The molecule has 0 aliphatic heterocycles. The lowest BCUT2D eigenvalue weighted by Gasteiger charge is -2.22. The molecule has 1 N–H and O–H groups in total. The van der Waals surface area contributed by atoms with Crippen molar-refractivity contribution in [3.8, 4) is 0 Å². The molecule has 0 amide bonds. The molecule has 0 aliphatic carbocycles. The van der Waals surface area contributed by atoms with Gasteiger partial charge in [-0.05, 0) is 26.1 Å². The maximum absolute atomic E-state index is 13.8. The second kappa shape index (κ2) is 6.63. The third-order valence-corrected chi connectivity index (χ3v) is 3.75. The van der Waals surface area contributed by atoms with Crippen LogP contribution in [0.3, 0.4) is 0 Å². The number of aromatic nitrogens is 1. The molecule has 0 atom stereocenters. The van der Waals surface area contributed by atoms with E-state index in [1.54, 1.807) is 23.5 Å². The van der Waals surface area contributed by atoms with Crippen LogP contribution >= 0.6 is 11.3 Å². The zero-order valence-corrected chi connectivity index (χ0v) is 12.0. The Morgan fingerprint density at radius 3 is 2.84 bits per heavy atom. The van der Waals surface area contributed by atoms with Crippen molar-refractivity contribution in [3.63, 3.8) is 0 Å². The molecule has 0 saturated heterocycles. The predicted octanol–water partition coefficient (Wildman–Crippen LogP) is 3.03. The molecule has 0 spiro atoms. The van der Waals surface area contributed by atoms with E-state index < -0.39 is 0 Å². The average molecular weight is 279 g/mol. The molecular weight excluding hydrogens is 261 g/mol. The van der Waals surface area contributed by atoms with Crippen LogP contribution in [0.5, 0.6) is 0 Å². The van der Waals surface area contributed by atoms with Crippen molar-refractivity contribution < 1.29 is 4.39 Å². The normalized spacial score (nSPS) is 10.7. The molecule has 2 aromatic rings. The smallest absolute Gasteiger partial charge is 0.146 e. The summed E-state index contributed by atoms with van der Waals surface area (Å²) >= 11 is 1.63. The lowest BCUT2D eigenvalue weighted by molar-refractivity contribution is 0.617. The van der Waals surface area contributed by atoms with Crippen molar-refractivity contribution in [2.45, 2.75) is 20.0 Å². The molecule has 102 valence electrons. The van der Waals surface area contributed by atoms with Crippen LogP contribution in [0, 0.1) is 5.82 Å². The summed E-state index contributed by atoms with van der Waals surface area (Å²) in [5.74, 6) is -0.185. The molecular formula is C14H18FN3S. The molecule has 0 unspecified atom stereocenters. The Morgan fingerprint density at radius 2 is 2.16 bits per heavy atom. The molecule has 3 nitrogen and oxygen atoms in total. The van der Waals surface area contributed by atoms with Crippen LogP contribution in [0.4, 0.5) is 10.1 Å². The highest BCUT2D eigenvalue weighted by Crippen LogP contribution is 2.21. The molecule has 0 aliphatic rings. The second-order valence-electron chi connectivity index (χ2n) is 4.23. The molecule has 2 rings (SSSR count). The molecule has 1 aromatic carbocycles. The number of benzene rings is 1. The SMILES string of the molecule is CCN(Cc1csc(CNC)n1)c1ccccc1F. The summed E-state index contributed by atoms with van der Waals surface area (Å²) in [7, 11) is 1.90. The van der Waals surface area contributed by atoms with Crippen LogP contribution in [0.1, 0.15) is 17.6 Å². The van der Waals surface area contributed by atoms with Crippen molar-refractivity contribution in [3.05, 3.63) is 46.2 Å². The van der Waals surface area contributed by atoms with Gasteiger partial charge in [-0.2, -0.15) is 0 Å². The van der Waals surface area contributed by atoms with Gasteiger partial charge in [-0.25, -0.2) is 9.37 Å². The average Bonchev–Trinajstić information content (AvgIpc) is 2.85. The summed E-state index contributed by atoms with van der Waals surface area (Å²) in [5, 5.41) is 6.18. The van der Waals surface area contributed by atoms with Gasteiger partial charge >= 0.3 is 0 Å². The molecule has 1 aromatic heterocycles. The van der Waals surface area contributed by atoms with E-state index in [1.807, 2.05) is 30.3 Å². The Morgan fingerprint density at radius 1 is 1.37 bits per heavy atom. The summed E-state index contributed by atoms with van der Waals surface area (Å²) < 4.78 is 13.8. The highest BCUT2D eigenvalue weighted by atomic mass is 32.1. The van der Waals surface area contributed by atoms with Gasteiger partial charge in [0.05, 0.1) is 17.9 Å². The zero-order valence-electron chi connectivity index (χ0n) is 11.2. The summed E-state index contributed by atoms with van der Waals surface area (Å²) in [6.45, 7) is 4.18. The minimum Gasteiger partial charge on any atom is -0.364 e. The third kappa shape index (κ3) is 3.52. The molecule has 5 heteroatoms. The number of nitrogens with one attached hydrogen (secondary N) is 1. The van der Waals surface area contributed by atoms with Crippen LogP contribution < -0.4 is 10.2 Å². The topological polar surface area (TPSA) is 28.2 Å². The van der Waals surface area contributed by atoms with Gasteiger partial charge in [0.15, 0.2) is 0 Å². The minimum absolute atomic E-state index is 0.185. The number of para-hydroxylation sites is 1. The van der Waals surface area contributed by atoms with Crippen molar-refractivity contribution in [1.29, 1.82) is 0 Å². The van der Waals surface area contributed by atoms with Crippen molar-refractivity contribution in [2.75, 3.05) is 18.5 Å². The second-order valence-corrected chi connectivity index (χ2v) is 5.17. The van der Waals surface area contributed by atoms with E-state index in [0.29, 0.717) is 12.2 Å². The number of anilines is 1. The number of rotatable bonds is 6. The van der Waals surface area contributed by atoms with Crippen molar-refractivity contribution in [2.24, 2.45) is 0 Å². The van der Waals surface area contributed by atoms with Gasteiger partial charge in [0, 0.05) is 18.5 Å². The largest absolute Gasteiger partial charge is 0.364 e. The molecule has 1 heterocycles. The van der Waals surface area contributed by atoms with Gasteiger partial charge in [0.2, 0.25) is 0 Å². The minimum atomic E-state index is -0.185. The first-order valence-corrected chi connectivity index (χ1v) is 7.20. The first-order chi connectivity index (χ1) is 9.24. The fourth-order valence-electron chi connectivity index (χ4n) is 1.93. The van der Waals surface area contributed by atoms with E-state index in [0.717, 1.165) is 23.8 Å². The summed E-state index contributed by atoms with van der Waals surface area (Å²) in [5.41, 5.74) is 1.62. The molecule has 0 saturated carbocycles. The lowest BCUT2D eigenvalue weighted by Crippen LogP contribution is -2.23. The van der Waals surface area contributed by atoms with Gasteiger partial charge in [0.1, 0.15) is 10.8 Å². The van der Waals surface area contributed by atoms with Gasteiger partial charge in [0.25, 0.3) is 0 Å². The molecule has 0 fully saturated rings. The highest BCUT2D eigenvalue weighted by molar-refractivity contribution is 7.09. The third-order valence-electron chi connectivity index (χ3n) is 2.86. The fraction of sp³-hybridized carbons (Fsp3) is 0.357. The van der Waals surface area contributed by atoms with Gasteiger partial charge in [-0.1, -0.05) is 12.1 Å². The molecule has 19 heavy (non-hydrogen) atoms. The molecule has 0 radical (unpaired) electrons. The van der Waals surface area contributed by atoms with Crippen LogP contribution in [0.15, 0.2) is 29.6 Å². The Balaban J connectivity index is 2.12. The summed E-state index contributed by atoms with van der Waals surface area (Å²) in [6.07, 6.45) is 0. The summed E-state index contributed by atoms with van der Waals surface area (Å²) in [4.78, 5) is 6.53. The van der Waals surface area contributed by atoms with Crippen molar-refractivity contribution >= 4 is 17.0 Å². The Bertz CT molecular complexity index is 527. The monoisotopic (exact) mass is 279 g/mol. The van der Waals surface area contributed by atoms with Gasteiger partial charge in [-0.3, -0.25) is 0 Å². The number of halogens is 1. The first-order valence-electron chi connectivity index (χ1n) is 6.32. The lowest BCUT2D eigenvalue weighted by atomic mass is 10.2. The maximum atomic E-state index is 13.8.